The first-order chi connectivity index (χ1) is 7.27. The van der Waals surface area contributed by atoms with Gasteiger partial charge in [-0.15, -0.1) is 10.2 Å². The van der Waals surface area contributed by atoms with E-state index in [0.29, 0.717) is 12.5 Å². The molecule has 2 heterocycles. The van der Waals surface area contributed by atoms with Crippen molar-refractivity contribution in [3.63, 3.8) is 0 Å². The minimum atomic E-state index is 0.636. The maximum Gasteiger partial charge on any atom is 0.177 e. The molecule has 0 saturated heterocycles. The summed E-state index contributed by atoms with van der Waals surface area (Å²) in [5.74, 6) is 1.49. The van der Waals surface area contributed by atoms with Crippen LogP contribution in [0.4, 0.5) is 0 Å². The Morgan fingerprint density at radius 1 is 1.40 bits per heavy atom. The summed E-state index contributed by atoms with van der Waals surface area (Å²) in [6.45, 7) is 6.03. The summed E-state index contributed by atoms with van der Waals surface area (Å²) in [6, 6.07) is 3.75. The molecule has 0 bridgehead atoms. The van der Waals surface area contributed by atoms with Gasteiger partial charge in [-0.25, -0.2) is 0 Å². The van der Waals surface area contributed by atoms with Crippen molar-refractivity contribution in [3.05, 3.63) is 24.2 Å². The summed E-state index contributed by atoms with van der Waals surface area (Å²) in [6.07, 6.45) is 1.74. The number of nitrogens with zero attached hydrogens (tertiary/aromatic N) is 4. The first-order valence-corrected chi connectivity index (χ1v) is 5.13. The van der Waals surface area contributed by atoms with E-state index in [4.69, 9.17) is 0 Å². The van der Waals surface area contributed by atoms with Crippen LogP contribution < -0.4 is 5.32 Å². The van der Waals surface area contributed by atoms with Crippen LogP contribution in [-0.2, 0) is 6.54 Å². The van der Waals surface area contributed by atoms with Gasteiger partial charge in [0.1, 0.15) is 0 Å². The highest BCUT2D eigenvalue weighted by atomic mass is 15.4. The maximum absolute atomic E-state index is 4.19. The molecule has 0 atom stereocenters. The smallest absolute Gasteiger partial charge is 0.177 e. The van der Waals surface area contributed by atoms with Crippen molar-refractivity contribution in [3.8, 4) is 0 Å². The molecule has 5 nitrogen and oxygen atoms in total. The molecule has 2 rings (SSSR count). The third-order valence-corrected chi connectivity index (χ3v) is 2.08. The van der Waals surface area contributed by atoms with Gasteiger partial charge >= 0.3 is 0 Å². The zero-order valence-electron chi connectivity index (χ0n) is 9.01. The Labute approximate surface area is 88.5 Å². The van der Waals surface area contributed by atoms with Crippen molar-refractivity contribution in [2.45, 2.75) is 20.4 Å². The molecular formula is C10H15N5. The summed E-state index contributed by atoms with van der Waals surface area (Å²) in [5.41, 5.74) is 0.791. The van der Waals surface area contributed by atoms with Gasteiger partial charge in [-0.05, 0) is 24.6 Å². The van der Waals surface area contributed by atoms with Gasteiger partial charge in [0.05, 0.1) is 6.54 Å². The lowest BCUT2D eigenvalue weighted by Crippen LogP contribution is -2.20. The van der Waals surface area contributed by atoms with E-state index in [9.17, 15) is 0 Å². The highest BCUT2D eigenvalue weighted by molar-refractivity contribution is 5.34. The number of hydrogen-bond donors (Lipinski definition) is 1. The van der Waals surface area contributed by atoms with Crippen LogP contribution in [0.2, 0.25) is 0 Å². The van der Waals surface area contributed by atoms with Gasteiger partial charge in [0.25, 0.3) is 0 Å². The Balaban J connectivity index is 2.08. The second-order valence-electron chi connectivity index (χ2n) is 3.93. The SMILES string of the molecule is CC(C)CNCc1nnc2cccnn12. The largest absolute Gasteiger partial charge is 0.310 e. The summed E-state index contributed by atoms with van der Waals surface area (Å²) in [7, 11) is 0. The van der Waals surface area contributed by atoms with Crippen molar-refractivity contribution < 1.29 is 0 Å². The number of fused-ring (bicyclic) bond motifs is 1. The molecular weight excluding hydrogens is 190 g/mol. The molecule has 0 radical (unpaired) electrons. The molecule has 0 unspecified atom stereocenters. The molecule has 0 amide bonds. The molecule has 0 spiro atoms. The van der Waals surface area contributed by atoms with E-state index in [0.717, 1.165) is 18.0 Å². The molecule has 80 valence electrons. The van der Waals surface area contributed by atoms with E-state index in [1.807, 2.05) is 12.1 Å². The monoisotopic (exact) mass is 205 g/mol. The molecule has 2 aromatic heterocycles. The zero-order chi connectivity index (χ0) is 10.7. The Hall–Kier alpha value is -1.49. The second-order valence-corrected chi connectivity index (χ2v) is 3.93. The predicted octanol–water partition coefficient (Wildman–Crippen LogP) is 0.870. The average Bonchev–Trinajstić information content (AvgIpc) is 2.62. The van der Waals surface area contributed by atoms with Crippen molar-refractivity contribution >= 4 is 5.65 Å². The van der Waals surface area contributed by atoms with Gasteiger partial charge in [-0.1, -0.05) is 13.8 Å². The van der Waals surface area contributed by atoms with E-state index in [-0.39, 0.29) is 0 Å². The van der Waals surface area contributed by atoms with Crippen molar-refractivity contribution in [1.29, 1.82) is 0 Å². The molecule has 0 aromatic carbocycles. The van der Waals surface area contributed by atoms with Crippen LogP contribution in [0, 0.1) is 5.92 Å². The molecule has 5 heteroatoms. The van der Waals surface area contributed by atoms with E-state index in [2.05, 4.69) is 34.5 Å². The Kier molecular flexibility index (Phi) is 2.91. The van der Waals surface area contributed by atoms with Gasteiger partial charge in [-0.2, -0.15) is 9.61 Å². The van der Waals surface area contributed by atoms with Crippen molar-refractivity contribution in [2.24, 2.45) is 5.92 Å². The Morgan fingerprint density at radius 2 is 2.27 bits per heavy atom. The third kappa shape index (κ3) is 2.30. The maximum atomic E-state index is 4.19. The Bertz CT molecular complexity index is 434. The van der Waals surface area contributed by atoms with Crippen molar-refractivity contribution in [1.82, 2.24) is 25.1 Å². The molecule has 0 aliphatic heterocycles. The van der Waals surface area contributed by atoms with Crippen LogP contribution in [0.25, 0.3) is 5.65 Å². The second kappa shape index (κ2) is 4.35. The number of nitrogens with one attached hydrogen (secondary N) is 1. The molecule has 0 aliphatic rings. The van der Waals surface area contributed by atoms with E-state index >= 15 is 0 Å². The zero-order valence-corrected chi connectivity index (χ0v) is 9.01. The highest BCUT2D eigenvalue weighted by Crippen LogP contribution is 1.99. The predicted molar refractivity (Wildman–Crippen MR) is 57.3 cm³/mol. The normalized spacial score (nSPS) is 11.4. The summed E-state index contributed by atoms with van der Waals surface area (Å²) in [5, 5.41) is 15.6. The van der Waals surface area contributed by atoms with Crippen molar-refractivity contribution in [2.75, 3.05) is 6.54 Å². The van der Waals surface area contributed by atoms with Crippen LogP contribution in [-0.4, -0.2) is 26.4 Å². The van der Waals surface area contributed by atoms with Crippen LogP contribution >= 0.6 is 0 Å². The quantitative estimate of drug-likeness (QED) is 0.804. The standard InChI is InChI=1S/C10H15N5/c1-8(2)6-11-7-10-14-13-9-4-3-5-12-15(9)10/h3-5,8,11H,6-7H2,1-2H3. The average molecular weight is 205 g/mol. The fourth-order valence-corrected chi connectivity index (χ4v) is 1.37. The van der Waals surface area contributed by atoms with Crippen LogP contribution in [0.1, 0.15) is 19.7 Å². The van der Waals surface area contributed by atoms with Gasteiger partial charge in [0.15, 0.2) is 11.5 Å². The van der Waals surface area contributed by atoms with Gasteiger partial charge < -0.3 is 5.32 Å². The summed E-state index contributed by atoms with van der Waals surface area (Å²) in [4.78, 5) is 0. The first kappa shape index (κ1) is 10.0. The van der Waals surface area contributed by atoms with Crippen LogP contribution in [0.5, 0.6) is 0 Å². The van der Waals surface area contributed by atoms with E-state index < -0.39 is 0 Å². The molecule has 0 aliphatic carbocycles. The number of aromatic nitrogens is 4. The molecule has 0 fully saturated rings. The topological polar surface area (TPSA) is 55.1 Å². The minimum absolute atomic E-state index is 0.636. The lowest BCUT2D eigenvalue weighted by atomic mass is 10.2. The molecule has 1 N–H and O–H groups in total. The molecule has 2 aromatic rings. The summed E-state index contributed by atoms with van der Waals surface area (Å²) < 4.78 is 1.76. The molecule has 15 heavy (non-hydrogen) atoms. The summed E-state index contributed by atoms with van der Waals surface area (Å²) >= 11 is 0. The van der Waals surface area contributed by atoms with Gasteiger partial charge in [0.2, 0.25) is 0 Å². The molecule has 0 saturated carbocycles. The van der Waals surface area contributed by atoms with Crippen LogP contribution in [0.3, 0.4) is 0 Å². The lowest BCUT2D eigenvalue weighted by molar-refractivity contribution is 0.538. The first-order valence-electron chi connectivity index (χ1n) is 5.13. The fourth-order valence-electron chi connectivity index (χ4n) is 1.37. The Morgan fingerprint density at radius 3 is 3.07 bits per heavy atom. The number of rotatable bonds is 4. The minimum Gasteiger partial charge on any atom is -0.310 e. The fraction of sp³-hybridized carbons (Fsp3) is 0.500. The van der Waals surface area contributed by atoms with E-state index in [1.54, 1.807) is 10.7 Å². The highest BCUT2D eigenvalue weighted by Gasteiger charge is 2.04. The lowest BCUT2D eigenvalue weighted by Gasteiger charge is -2.05. The van der Waals surface area contributed by atoms with Gasteiger partial charge in [0, 0.05) is 6.20 Å². The number of hydrogen-bond acceptors (Lipinski definition) is 4. The van der Waals surface area contributed by atoms with E-state index in [1.165, 1.54) is 0 Å². The third-order valence-electron chi connectivity index (χ3n) is 2.08. The van der Waals surface area contributed by atoms with Crippen LogP contribution in [0.15, 0.2) is 18.3 Å². The van der Waals surface area contributed by atoms with Gasteiger partial charge in [-0.3, -0.25) is 0 Å².